The molecule has 2 aromatic rings. The number of nitrogens with zero attached hydrogens (tertiary/aromatic N) is 5. The summed E-state index contributed by atoms with van der Waals surface area (Å²) in [6.07, 6.45) is 0.849. The molecule has 144 valence electrons. The summed E-state index contributed by atoms with van der Waals surface area (Å²) in [5.41, 5.74) is 0.974. The van der Waals surface area contributed by atoms with Crippen molar-refractivity contribution in [2.75, 3.05) is 37.6 Å². The fourth-order valence-corrected chi connectivity index (χ4v) is 4.70. The lowest BCUT2D eigenvalue weighted by atomic mass is 10.1. The molecule has 1 amide bonds. The Morgan fingerprint density at radius 1 is 1.15 bits per heavy atom. The predicted octanol–water partition coefficient (Wildman–Crippen LogP) is 2.47. The van der Waals surface area contributed by atoms with E-state index >= 15 is 0 Å². The van der Waals surface area contributed by atoms with Crippen LogP contribution in [0.2, 0.25) is 0 Å². The molecule has 0 saturated carbocycles. The zero-order chi connectivity index (χ0) is 19.0. The van der Waals surface area contributed by atoms with Gasteiger partial charge < -0.3 is 9.80 Å². The van der Waals surface area contributed by atoms with E-state index in [2.05, 4.69) is 19.2 Å². The molecule has 2 saturated heterocycles. The van der Waals surface area contributed by atoms with Gasteiger partial charge in [-0.05, 0) is 38.0 Å². The molecule has 2 atom stereocenters. The maximum Gasteiger partial charge on any atom is 0.240 e. The van der Waals surface area contributed by atoms with E-state index in [4.69, 9.17) is 0 Å². The Balaban J connectivity index is 1.37. The van der Waals surface area contributed by atoms with Gasteiger partial charge in [0.05, 0.1) is 12.1 Å². The van der Waals surface area contributed by atoms with Gasteiger partial charge >= 0.3 is 0 Å². The number of carbonyl (C=O) groups is 1. The molecular weight excluding hydrogens is 365 g/mol. The van der Waals surface area contributed by atoms with Crippen LogP contribution in [0.25, 0.3) is 0 Å². The topological polar surface area (TPSA) is 52.6 Å². The lowest BCUT2D eigenvalue weighted by Crippen LogP contribution is -2.52. The second-order valence-electron chi connectivity index (χ2n) is 7.21. The van der Waals surface area contributed by atoms with Crippen LogP contribution in [0, 0.1) is 12.7 Å². The van der Waals surface area contributed by atoms with Crippen LogP contribution in [0.3, 0.4) is 0 Å². The molecule has 2 aliphatic rings. The zero-order valence-electron chi connectivity index (χ0n) is 15.6. The average molecular weight is 390 g/mol. The fourth-order valence-electron chi connectivity index (χ4n) is 3.97. The third-order valence-corrected chi connectivity index (χ3v) is 6.44. The average Bonchev–Trinajstić information content (AvgIpc) is 3.28. The van der Waals surface area contributed by atoms with Crippen molar-refractivity contribution in [1.82, 2.24) is 19.2 Å². The third-order valence-electron chi connectivity index (χ3n) is 5.57. The lowest BCUT2D eigenvalue weighted by molar-refractivity contribution is -0.134. The van der Waals surface area contributed by atoms with Gasteiger partial charge in [-0.1, -0.05) is 12.1 Å². The van der Waals surface area contributed by atoms with Crippen LogP contribution in [0.1, 0.15) is 30.8 Å². The lowest BCUT2D eigenvalue weighted by Gasteiger charge is -2.37. The first-order chi connectivity index (χ1) is 13.0. The van der Waals surface area contributed by atoms with E-state index in [9.17, 15) is 9.18 Å². The Kier molecular flexibility index (Phi) is 5.10. The van der Waals surface area contributed by atoms with Gasteiger partial charge in [0.1, 0.15) is 11.6 Å². The first-order valence-electron chi connectivity index (χ1n) is 9.38. The molecule has 3 heterocycles. The standard InChI is InChI=1S/C19H24FN5OS/c1-13(15-3-5-16(20)6-4-15)25-8-7-17(18(25)26)23-9-11-24(12-10-23)19-21-14(2)22-27-19/h3-6,13,17H,7-12H2,1-2H3/t13-,17+/m1/s1. The number of likely N-dealkylation sites (tertiary alicyclic amines) is 1. The maximum atomic E-state index is 13.2. The summed E-state index contributed by atoms with van der Waals surface area (Å²) < 4.78 is 17.4. The second-order valence-corrected chi connectivity index (χ2v) is 7.94. The Morgan fingerprint density at radius 2 is 1.85 bits per heavy atom. The minimum absolute atomic E-state index is 0.0336. The van der Waals surface area contributed by atoms with E-state index in [0.29, 0.717) is 0 Å². The number of halogens is 1. The minimum Gasteiger partial charge on any atom is -0.344 e. The van der Waals surface area contributed by atoms with Gasteiger partial charge in [-0.25, -0.2) is 9.37 Å². The smallest absolute Gasteiger partial charge is 0.240 e. The first-order valence-corrected chi connectivity index (χ1v) is 10.2. The summed E-state index contributed by atoms with van der Waals surface area (Å²) in [7, 11) is 0. The number of benzene rings is 1. The summed E-state index contributed by atoms with van der Waals surface area (Å²) in [4.78, 5) is 24.0. The predicted molar refractivity (Wildman–Crippen MR) is 103 cm³/mol. The van der Waals surface area contributed by atoms with Gasteiger partial charge in [0, 0.05) is 44.3 Å². The van der Waals surface area contributed by atoms with Crippen LogP contribution in [0.5, 0.6) is 0 Å². The van der Waals surface area contributed by atoms with Crippen molar-refractivity contribution in [1.29, 1.82) is 0 Å². The van der Waals surface area contributed by atoms with Crippen molar-refractivity contribution in [2.45, 2.75) is 32.4 Å². The van der Waals surface area contributed by atoms with Crippen LogP contribution in [-0.2, 0) is 4.79 Å². The first kappa shape index (κ1) is 18.3. The Bertz CT molecular complexity index is 803. The zero-order valence-corrected chi connectivity index (χ0v) is 16.5. The van der Waals surface area contributed by atoms with Crippen LogP contribution < -0.4 is 4.90 Å². The summed E-state index contributed by atoms with van der Waals surface area (Å²) in [5.74, 6) is 0.751. The van der Waals surface area contributed by atoms with Crippen molar-refractivity contribution in [3.8, 4) is 0 Å². The molecular formula is C19H24FN5OS. The SMILES string of the molecule is Cc1nsc(N2CCN([C@H]3CCN([C@H](C)c4ccc(F)cc4)C3=O)CC2)n1. The number of aromatic nitrogens is 2. The molecule has 0 unspecified atom stereocenters. The normalized spacial score (nSPS) is 22.5. The van der Waals surface area contributed by atoms with Crippen LogP contribution in [-0.4, -0.2) is 63.8 Å². The van der Waals surface area contributed by atoms with Gasteiger partial charge in [0.2, 0.25) is 11.0 Å². The highest BCUT2D eigenvalue weighted by Crippen LogP contribution is 2.29. The quantitative estimate of drug-likeness (QED) is 0.804. The molecule has 0 aliphatic carbocycles. The molecule has 0 N–H and O–H groups in total. The molecule has 1 aromatic heterocycles. The summed E-state index contributed by atoms with van der Waals surface area (Å²) in [6, 6.07) is 6.36. The number of hydrogen-bond donors (Lipinski definition) is 0. The van der Waals surface area contributed by atoms with Crippen molar-refractivity contribution in [3.05, 3.63) is 41.5 Å². The molecule has 8 heteroatoms. The molecule has 4 rings (SSSR count). The molecule has 0 spiro atoms. The van der Waals surface area contributed by atoms with E-state index < -0.39 is 0 Å². The molecule has 27 heavy (non-hydrogen) atoms. The molecule has 2 fully saturated rings. The number of amides is 1. The van der Waals surface area contributed by atoms with Crippen molar-refractivity contribution >= 4 is 22.6 Å². The highest BCUT2D eigenvalue weighted by molar-refractivity contribution is 7.09. The van der Waals surface area contributed by atoms with Crippen LogP contribution in [0.4, 0.5) is 9.52 Å². The number of piperazine rings is 1. The number of anilines is 1. The number of hydrogen-bond acceptors (Lipinski definition) is 6. The van der Waals surface area contributed by atoms with E-state index in [-0.39, 0.29) is 23.8 Å². The Hall–Kier alpha value is -2.06. The summed E-state index contributed by atoms with van der Waals surface area (Å²) in [6.45, 7) is 8.12. The molecule has 2 aliphatic heterocycles. The van der Waals surface area contributed by atoms with Gasteiger partial charge in [-0.15, -0.1) is 0 Å². The van der Waals surface area contributed by atoms with Gasteiger partial charge in [0.15, 0.2) is 0 Å². The van der Waals surface area contributed by atoms with Crippen molar-refractivity contribution in [2.24, 2.45) is 0 Å². The molecule has 1 aromatic carbocycles. The van der Waals surface area contributed by atoms with Gasteiger partial charge in [-0.2, -0.15) is 4.37 Å². The number of rotatable bonds is 4. The van der Waals surface area contributed by atoms with Crippen molar-refractivity contribution in [3.63, 3.8) is 0 Å². The monoisotopic (exact) mass is 389 g/mol. The summed E-state index contributed by atoms with van der Waals surface area (Å²) in [5, 5.41) is 0.969. The fraction of sp³-hybridized carbons (Fsp3) is 0.526. The highest BCUT2D eigenvalue weighted by Gasteiger charge is 2.39. The Morgan fingerprint density at radius 3 is 2.48 bits per heavy atom. The van der Waals surface area contributed by atoms with Gasteiger partial charge in [-0.3, -0.25) is 9.69 Å². The maximum absolute atomic E-state index is 13.2. The minimum atomic E-state index is -0.250. The largest absolute Gasteiger partial charge is 0.344 e. The number of carbonyl (C=O) groups excluding carboxylic acids is 1. The molecule has 6 nitrogen and oxygen atoms in total. The molecule has 0 bridgehead atoms. The highest BCUT2D eigenvalue weighted by atomic mass is 32.1. The van der Waals surface area contributed by atoms with Gasteiger partial charge in [0.25, 0.3) is 0 Å². The van der Waals surface area contributed by atoms with E-state index in [1.54, 1.807) is 12.1 Å². The summed E-state index contributed by atoms with van der Waals surface area (Å²) >= 11 is 1.44. The third kappa shape index (κ3) is 3.68. The molecule has 0 radical (unpaired) electrons. The van der Waals surface area contributed by atoms with E-state index in [1.165, 1.54) is 23.7 Å². The Labute approximate surface area is 162 Å². The second kappa shape index (κ2) is 7.52. The van der Waals surface area contributed by atoms with Crippen LogP contribution >= 0.6 is 11.5 Å². The van der Waals surface area contributed by atoms with E-state index in [1.807, 2.05) is 18.7 Å². The van der Waals surface area contributed by atoms with Crippen molar-refractivity contribution < 1.29 is 9.18 Å². The number of aryl methyl sites for hydroxylation is 1. The van der Waals surface area contributed by atoms with E-state index in [0.717, 1.165) is 55.7 Å². The van der Waals surface area contributed by atoms with Crippen LogP contribution in [0.15, 0.2) is 24.3 Å².